The van der Waals surface area contributed by atoms with Gasteiger partial charge in [0.2, 0.25) is 10.0 Å². The quantitative estimate of drug-likeness (QED) is 0.375. The maximum Gasteiger partial charge on any atom is 0.242 e. The summed E-state index contributed by atoms with van der Waals surface area (Å²) in [5.41, 5.74) is 2.29. The van der Waals surface area contributed by atoms with Crippen LogP contribution in [0.2, 0.25) is 0 Å². The second-order valence-corrected chi connectivity index (χ2v) is 9.87. The van der Waals surface area contributed by atoms with E-state index in [0.29, 0.717) is 12.6 Å². The van der Waals surface area contributed by atoms with Crippen LogP contribution < -0.4 is 10.0 Å². The standard InChI is InChI=1S/C26H27F2N3O3S/c1-2-18-6-5-7-19(10-18)16-30-17-25(32)24(13-20-11-22(27)14-23(28)12-20)31-35(33,34)26-9-4-3-8-21(26)15-29/h3-12,14,24-25,30-32H,2,13,16-17H2,1H3/t24-,25+/m1/s1. The molecule has 6 nitrogen and oxygen atoms in total. The molecule has 0 bridgehead atoms. The molecule has 184 valence electrons. The van der Waals surface area contributed by atoms with Gasteiger partial charge in [-0.2, -0.15) is 5.26 Å². The fraction of sp³-hybridized carbons (Fsp3) is 0.269. The Morgan fingerprint density at radius 1 is 0.971 bits per heavy atom. The highest BCUT2D eigenvalue weighted by Gasteiger charge is 2.28. The third-order valence-corrected chi connectivity index (χ3v) is 7.08. The Bertz CT molecular complexity index is 1290. The third kappa shape index (κ3) is 7.41. The SMILES string of the molecule is CCc1cccc(CNC[C@H](O)[C@@H](Cc2cc(F)cc(F)c2)NS(=O)(=O)c2ccccc2C#N)c1. The van der Waals surface area contributed by atoms with E-state index in [1.165, 1.54) is 29.8 Å². The number of aryl methyl sites for hydroxylation is 1. The second-order valence-electron chi connectivity index (χ2n) is 8.19. The molecule has 0 fully saturated rings. The number of sulfonamides is 1. The summed E-state index contributed by atoms with van der Waals surface area (Å²) in [4.78, 5) is -0.241. The van der Waals surface area contributed by atoms with Crippen LogP contribution in [0.1, 0.15) is 29.2 Å². The summed E-state index contributed by atoms with van der Waals surface area (Å²) in [5, 5.41) is 23.3. The Kier molecular flexibility index (Phi) is 9.07. The molecule has 0 unspecified atom stereocenters. The molecular weight excluding hydrogens is 472 g/mol. The zero-order valence-corrected chi connectivity index (χ0v) is 20.0. The van der Waals surface area contributed by atoms with Crippen molar-refractivity contribution in [3.05, 3.63) is 101 Å². The van der Waals surface area contributed by atoms with Gasteiger partial charge in [0.05, 0.1) is 22.6 Å². The normalized spacial score (nSPS) is 13.2. The van der Waals surface area contributed by atoms with Gasteiger partial charge in [0.25, 0.3) is 0 Å². The first-order valence-corrected chi connectivity index (χ1v) is 12.6. The van der Waals surface area contributed by atoms with E-state index in [2.05, 4.69) is 10.0 Å². The maximum atomic E-state index is 13.7. The zero-order chi connectivity index (χ0) is 25.4. The van der Waals surface area contributed by atoms with Gasteiger partial charge in [0.15, 0.2) is 0 Å². The summed E-state index contributed by atoms with van der Waals surface area (Å²) in [6, 6.07) is 17.2. The van der Waals surface area contributed by atoms with Crippen LogP contribution in [0, 0.1) is 23.0 Å². The van der Waals surface area contributed by atoms with Gasteiger partial charge in [0, 0.05) is 19.2 Å². The van der Waals surface area contributed by atoms with Crippen molar-refractivity contribution in [3.63, 3.8) is 0 Å². The van der Waals surface area contributed by atoms with Crippen LogP contribution in [-0.2, 0) is 29.4 Å². The third-order valence-electron chi connectivity index (χ3n) is 5.53. The summed E-state index contributed by atoms with van der Waals surface area (Å²) in [6.07, 6.45) is -0.523. The second kappa shape index (κ2) is 12.0. The van der Waals surface area contributed by atoms with E-state index in [4.69, 9.17) is 0 Å². The Hall–Kier alpha value is -3.16. The summed E-state index contributed by atoms with van der Waals surface area (Å²) in [6.45, 7) is 2.50. The molecule has 2 atom stereocenters. The van der Waals surface area contributed by atoms with Gasteiger partial charge < -0.3 is 10.4 Å². The summed E-state index contributed by atoms with van der Waals surface area (Å²) >= 11 is 0. The van der Waals surface area contributed by atoms with Crippen molar-refractivity contribution in [1.29, 1.82) is 5.26 Å². The van der Waals surface area contributed by atoms with Crippen molar-refractivity contribution < 1.29 is 22.3 Å². The Balaban J connectivity index is 1.80. The van der Waals surface area contributed by atoms with E-state index >= 15 is 0 Å². The number of hydrogen-bond acceptors (Lipinski definition) is 5. The summed E-state index contributed by atoms with van der Waals surface area (Å²) < 4.78 is 56.1. The number of nitriles is 1. The van der Waals surface area contributed by atoms with Crippen LogP contribution >= 0.6 is 0 Å². The van der Waals surface area contributed by atoms with Crippen molar-refractivity contribution in [3.8, 4) is 6.07 Å². The van der Waals surface area contributed by atoms with Gasteiger partial charge in [-0.3, -0.25) is 0 Å². The molecule has 0 aliphatic heterocycles. The largest absolute Gasteiger partial charge is 0.390 e. The Labute approximate surface area is 204 Å². The number of nitrogens with one attached hydrogen (secondary N) is 2. The van der Waals surface area contributed by atoms with Crippen LogP contribution in [-0.4, -0.2) is 32.2 Å². The van der Waals surface area contributed by atoms with Crippen LogP contribution in [0.5, 0.6) is 0 Å². The molecule has 0 amide bonds. The number of benzene rings is 3. The molecule has 0 aliphatic carbocycles. The van der Waals surface area contributed by atoms with Gasteiger partial charge in [0.1, 0.15) is 17.7 Å². The van der Waals surface area contributed by atoms with E-state index in [9.17, 15) is 27.6 Å². The van der Waals surface area contributed by atoms with Crippen LogP contribution in [0.3, 0.4) is 0 Å². The lowest BCUT2D eigenvalue weighted by Gasteiger charge is -2.25. The number of rotatable bonds is 11. The predicted octanol–water partition coefficient (Wildman–Crippen LogP) is 3.44. The molecule has 3 aromatic rings. The summed E-state index contributed by atoms with van der Waals surface area (Å²) in [5.74, 6) is -1.61. The van der Waals surface area contributed by atoms with Gasteiger partial charge in [-0.1, -0.05) is 43.3 Å². The molecule has 0 spiro atoms. The van der Waals surface area contributed by atoms with Crippen molar-refractivity contribution in [2.75, 3.05) is 6.54 Å². The lowest BCUT2D eigenvalue weighted by Crippen LogP contribution is -2.48. The van der Waals surface area contributed by atoms with E-state index in [1.54, 1.807) is 0 Å². The van der Waals surface area contributed by atoms with Gasteiger partial charge in [-0.05, 0) is 53.8 Å². The lowest BCUT2D eigenvalue weighted by molar-refractivity contribution is 0.134. The van der Waals surface area contributed by atoms with E-state index in [-0.39, 0.29) is 29.0 Å². The number of nitrogens with zero attached hydrogens (tertiary/aromatic N) is 1. The maximum absolute atomic E-state index is 13.7. The Morgan fingerprint density at radius 3 is 2.34 bits per heavy atom. The topological polar surface area (TPSA) is 102 Å². The molecule has 0 heterocycles. The van der Waals surface area contributed by atoms with Crippen LogP contribution in [0.4, 0.5) is 8.78 Å². The molecule has 35 heavy (non-hydrogen) atoms. The first-order chi connectivity index (χ1) is 16.7. The molecule has 9 heteroatoms. The van der Waals surface area contributed by atoms with E-state index in [1.807, 2.05) is 37.3 Å². The number of hydrogen-bond donors (Lipinski definition) is 3. The smallest absolute Gasteiger partial charge is 0.242 e. The molecule has 3 rings (SSSR count). The van der Waals surface area contributed by atoms with Crippen molar-refractivity contribution in [2.45, 2.75) is 43.4 Å². The number of aliphatic hydroxyl groups is 1. The van der Waals surface area contributed by atoms with Gasteiger partial charge in [-0.25, -0.2) is 21.9 Å². The molecule has 3 aromatic carbocycles. The first kappa shape index (κ1) is 26.4. The molecule has 0 saturated heterocycles. The summed E-state index contributed by atoms with van der Waals surface area (Å²) in [7, 11) is -4.22. The van der Waals surface area contributed by atoms with Crippen molar-refractivity contribution in [2.24, 2.45) is 0 Å². The lowest BCUT2D eigenvalue weighted by atomic mass is 10.0. The zero-order valence-electron chi connectivity index (χ0n) is 19.2. The highest BCUT2D eigenvalue weighted by atomic mass is 32.2. The monoisotopic (exact) mass is 499 g/mol. The van der Waals surface area contributed by atoms with Gasteiger partial charge in [-0.15, -0.1) is 0 Å². The molecule has 0 aromatic heterocycles. The fourth-order valence-corrected chi connectivity index (χ4v) is 5.19. The highest BCUT2D eigenvalue weighted by molar-refractivity contribution is 7.89. The van der Waals surface area contributed by atoms with Crippen molar-refractivity contribution >= 4 is 10.0 Å². The molecule has 0 radical (unpaired) electrons. The van der Waals surface area contributed by atoms with Crippen LogP contribution in [0.25, 0.3) is 0 Å². The van der Waals surface area contributed by atoms with E-state index in [0.717, 1.165) is 24.1 Å². The van der Waals surface area contributed by atoms with Crippen molar-refractivity contribution in [1.82, 2.24) is 10.0 Å². The van der Waals surface area contributed by atoms with Gasteiger partial charge >= 0.3 is 0 Å². The predicted molar refractivity (Wildman–Crippen MR) is 129 cm³/mol. The van der Waals surface area contributed by atoms with Crippen LogP contribution in [0.15, 0.2) is 71.6 Å². The average molecular weight is 500 g/mol. The molecule has 0 aliphatic rings. The minimum atomic E-state index is -4.22. The number of aliphatic hydroxyl groups excluding tert-OH is 1. The minimum Gasteiger partial charge on any atom is -0.390 e. The first-order valence-electron chi connectivity index (χ1n) is 11.1. The highest BCUT2D eigenvalue weighted by Crippen LogP contribution is 2.18. The molecule has 3 N–H and O–H groups in total. The number of halogens is 2. The fourth-order valence-electron chi connectivity index (χ4n) is 3.76. The molecular formula is C26H27F2N3O3S. The van der Waals surface area contributed by atoms with E-state index < -0.39 is 33.8 Å². The Morgan fingerprint density at radius 2 is 1.66 bits per heavy atom. The minimum absolute atomic E-state index is 0.0151. The average Bonchev–Trinajstić information content (AvgIpc) is 2.83. The molecule has 0 saturated carbocycles.